The van der Waals surface area contributed by atoms with Gasteiger partial charge >= 0.3 is 0 Å². The van der Waals surface area contributed by atoms with Crippen LogP contribution in [-0.2, 0) is 17.7 Å². The predicted octanol–water partition coefficient (Wildman–Crippen LogP) is 4.77. The van der Waals surface area contributed by atoms with Gasteiger partial charge in [-0.15, -0.1) is 11.8 Å². The maximum absolute atomic E-state index is 6.24. The molecular formula is C19H17ClN2S. The summed E-state index contributed by atoms with van der Waals surface area (Å²) < 4.78 is 2.07. The summed E-state index contributed by atoms with van der Waals surface area (Å²) in [7, 11) is 0. The first-order valence-corrected chi connectivity index (χ1v) is 9.08. The number of benzene rings is 2. The van der Waals surface area contributed by atoms with Crippen LogP contribution in [0.15, 0.2) is 67.3 Å². The molecule has 1 aliphatic rings. The van der Waals surface area contributed by atoms with E-state index in [2.05, 4.69) is 52.0 Å². The molecule has 4 rings (SSSR count). The van der Waals surface area contributed by atoms with Crippen LogP contribution in [0.25, 0.3) is 0 Å². The third kappa shape index (κ3) is 2.68. The van der Waals surface area contributed by atoms with Crippen molar-refractivity contribution in [3.63, 3.8) is 0 Å². The number of fused-ring (bicyclic) bond motifs is 1. The van der Waals surface area contributed by atoms with Gasteiger partial charge in [-0.05, 0) is 41.0 Å². The molecule has 3 aromatic rings. The van der Waals surface area contributed by atoms with Crippen LogP contribution in [0.4, 0.5) is 0 Å². The van der Waals surface area contributed by atoms with E-state index in [1.165, 1.54) is 16.7 Å². The highest BCUT2D eigenvalue weighted by atomic mass is 35.5. The average Bonchev–Trinajstić information content (AvgIpc) is 3.08. The molecule has 4 heteroatoms. The number of imidazole rings is 1. The number of halogens is 1. The van der Waals surface area contributed by atoms with Gasteiger partial charge in [-0.2, -0.15) is 0 Å². The van der Waals surface area contributed by atoms with Crippen molar-refractivity contribution in [3.8, 4) is 0 Å². The van der Waals surface area contributed by atoms with Crippen LogP contribution < -0.4 is 0 Å². The highest BCUT2D eigenvalue weighted by molar-refractivity contribution is 8.00. The largest absolute Gasteiger partial charge is 0.335 e. The number of aromatic nitrogens is 2. The summed E-state index contributed by atoms with van der Waals surface area (Å²) in [4.78, 5) is 4.22. The molecule has 0 N–H and O–H groups in total. The van der Waals surface area contributed by atoms with Crippen LogP contribution >= 0.6 is 23.4 Å². The quantitative estimate of drug-likeness (QED) is 0.683. The molecule has 23 heavy (non-hydrogen) atoms. The number of nitrogens with zero attached hydrogens (tertiary/aromatic N) is 2. The van der Waals surface area contributed by atoms with E-state index in [-0.39, 0.29) is 4.75 Å². The molecule has 0 spiro atoms. The van der Waals surface area contributed by atoms with Crippen molar-refractivity contribution in [2.45, 2.75) is 17.7 Å². The van der Waals surface area contributed by atoms with Gasteiger partial charge in [0.25, 0.3) is 0 Å². The molecule has 1 atom stereocenters. The van der Waals surface area contributed by atoms with Gasteiger partial charge in [0, 0.05) is 24.0 Å². The second kappa shape index (κ2) is 6.06. The monoisotopic (exact) mass is 340 g/mol. The lowest BCUT2D eigenvalue weighted by Crippen LogP contribution is -2.34. The van der Waals surface area contributed by atoms with Crippen molar-refractivity contribution < 1.29 is 0 Å². The number of aryl methyl sites for hydroxylation is 1. The van der Waals surface area contributed by atoms with Crippen molar-refractivity contribution in [2.24, 2.45) is 0 Å². The topological polar surface area (TPSA) is 17.8 Å². The highest BCUT2D eigenvalue weighted by Crippen LogP contribution is 2.49. The average molecular weight is 341 g/mol. The van der Waals surface area contributed by atoms with E-state index in [1.54, 1.807) is 0 Å². The summed E-state index contributed by atoms with van der Waals surface area (Å²) in [6.07, 6.45) is 6.85. The SMILES string of the molecule is Clc1ccc2c(c1)CCSC2(Cn1ccnc1)c1ccccc1. The molecule has 1 unspecified atom stereocenters. The molecule has 0 saturated heterocycles. The lowest BCUT2D eigenvalue weighted by Gasteiger charge is -2.39. The summed E-state index contributed by atoms with van der Waals surface area (Å²) in [5.74, 6) is 1.09. The second-order valence-corrected chi connectivity index (χ2v) is 7.66. The number of rotatable bonds is 3. The predicted molar refractivity (Wildman–Crippen MR) is 97.1 cm³/mol. The molecule has 116 valence electrons. The zero-order chi connectivity index (χ0) is 15.7. The Morgan fingerprint density at radius 1 is 1.17 bits per heavy atom. The fourth-order valence-corrected chi connectivity index (χ4v) is 5.14. The fraction of sp³-hybridized carbons (Fsp3) is 0.211. The molecule has 1 aliphatic heterocycles. The van der Waals surface area contributed by atoms with Crippen LogP contribution in [0.2, 0.25) is 5.02 Å². The first-order valence-electron chi connectivity index (χ1n) is 7.72. The smallest absolute Gasteiger partial charge is 0.0946 e. The van der Waals surface area contributed by atoms with E-state index in [0.29, 0.717) is 0 Å². The van der Waals surface area contributed by atoms with Gasteiger partial charge in [-0.1, -0.05) is 48.0 Å². The van der Waals surface area contributed by atoms with Crippen molar-refractivity contribution in [3.05, 3.63) is 89.0 Å². The van der Waals surface area contributed by atoms with Crippen molar-refractivity contribution in [2.75, 3.05) is 5.75 Å². The van der Waals surface area contributed by atoms with Gasteiger partial charge in [0.2, 0.25) is 0 Å². The second-order valence-electron chi connectivity index (χ2n) is 5.83. The Bertz CT molecular complexity index is 802. The molecule has 0 radical (unpaired) electrons. The zero-order valence-corrected chi connectivity index (χ0v) is 14.2. The summed E-state index contributed by atoms with van der Waals surface area (Å²) >= 11 is 8.26. The number of hydrogen-bond donors (Lipinski definition) is 0. The maximum atomic E-state index is 6.24. The molecule has 0 bridgehead atoms. The minimum absolute atomic E-state index is 0.0971. The molecule has 0 saturated carbocycles. The molecule has 1 aromatic heterocycles. The van der Waals surface area contributed by atoms with Gasteiger partial charge < -0.3 is 4.57 Å². The van der Waals surface area contributed by atoms with Crippen LogP contribution in [-0.4, -0.2) is 15.3 Å². The van der Waals surface area contributed by atoms with Crippen LogP contribution in [0.5, 0.6) is 0 Å². The van der Waals surface area contributed by atoms with Crippen molar-refractivity contribution in [1.82, 2.24) is 9.55 Å². The highest BCUT2D eigenvalue weighted by Gasteiger charge is 2.39. The summed E-state index contributed by atoms with van der Waals surface area (Å²) in [5, 5.41) is 0.820. The lowest BCUT2D eigenvalue weighted by molar-refractivity contribution is 0.571. The number of hydrogen-bond acceptors (Lipinski definition) is 2. The van der Waals surface area contributed by atoms with Gasteiger partial charge in [-0.3, -0.25) is 0 Å². The molecular weight excluding hydrogens is 324 g/mol. The van der Waals surface area contributed by atoms with Crippen LogP contribution in [0.3, 0.4) is 0 Å². The van der Waals surface area contributed by atoms with Gasteiger partial charge in [0.05, 0.1) is 11.1 Å². The Morgan fingerprint density at radius 2 is 2.04 bits per heavy atom. The summed E-state index contributed by atoms with van der Waals surface area (Å²) in [5.41, 5.74) is 4.07. The minimum Gasteiger partial charge on any atom is -0.335 e. The molecule has 2 nitrogen and oxygen atoms in total. The Kier molecular flexibility index (Phi) is 3.92. The third-order valence-corrected chi connectivity index (χ3v) is 6.15. The molecule has 2 heterocycles. The van der Waals surface area contributed by atoms with Crippen molar-refractivity contribution in [1.29, 1.82) is 0 Å². The first kappa shape index (κ1) is 14.9. The molecule has 0 amide bonds. The Balaban J connectivity index is 1.91. The van der Waals surface area contributed by atoms with Crippen LogP contribution in [0.1, 0.15) is 16.7 Å². The van der Waals surface area contributed by atoms with E-state index in [9.17, 15) is 0 Å². The van der Waals surface area contributed by atoms with Gasteiger partial charge in [0.1, 0.15) is 0 Å². The lowest BCUT2D eigenvalue weighted by atomic mass is 9.85. The van der Waals surface area contributed by atoms with Gasteiger partial charge in [0.15, 0.2) is 0 Å². The van der Waals surface area contributed by atoms with Gasteiger partial charge in [-0.25, -0.2) is 4.98 Å². The standard InChI is InChI=1S/C19H17ClN2S/c20-17-6-7-18-15(12-17)8-11-23-19(18,13-22-10-9-21-14-22)16-4-2-1-3-5-16/h1-7,9-10,12,14H,8,11,13H2. The van der Waals surface area contributed by atoms with E-state index >= 15 is 0 Å². The fourth-order valence-electron chi connectivity index (χ4n) is 3.38. The molecule has 2 aromatic carbocycles. The van der Waals surface area contributed by atoms with E-state index in [4.69, 9.17) is 11.6 Å². The number of thioether (sulfide) groups is 1. The Hall–Kier alpha value is -1.71. The van der Waals surface area contributed by atoms with Crippen molar-refractivity contribution >= 4 is 23.4 Å². The first-order chi connectivity index (χ1) is 11.3. The Labute approximate surface area is 145 Å². The van der Waals surface area contributed by atoms with E-state index < -0.39 is 0 Å². The summed E-state index contributed by atoms with van der Waals surface area (Å²) in [6.45, 7) is 0.871. The maximum Gasteiger partial charge on any atom is 0.0946 e. The van der Waals surface area contributed by atoms with Crippen LogP contribution in [0, 0.1) is 0 Å². The van der Waals surface area contributed by atoms with E-state index in [0.717, 1.165) is 23.7 Å². The third-order valence-electron chi connectivity index (χ3n) is 4.43. The zero-order valence-electron chi connectivity index (χ0n) is 12.7. The molecule has 0 fully saturated rings. The normalized spacial score (nSPS) is 20.2. The Morgan fingerprint density at radius 3 is 2.83 bits per heavy atom. The minimum atomic E-state index is -0.0971. The summed E-state index contributed by atoms with van der Waals surface area (Å²) in [6, 6.07) is 17.1. The molecule has 0 aliphatic carbocycles. The van der Waals surface area contributed by atoms with E-state index in [1.807, 2.05) is 36.5 Å².